The molecule has 144 valence electrons. The first-order valence-corrected chi connectivity index (χ1v) is 9.81. The fraction of sp³-hybridized carbons (Fsp3) is 0.737. The lowest BCUT2D eigenvalue weighted by Crippen LogP contribution is -2.37. The highest BCUT2D eigenvalue weighted by molar-refractivity contribution is 5.71. The molecule has 1 fully saturated rings. The van der Waals surface area contributed by atoms with E-state index in [0.717, 1.165) is 51.3 Å². The van der Waals surface area contributed by atoms with Crippen molar-refractivity contribution in [2.24, 2.45) is 20.0 Å². The first-order valence-electron chi connectivity index (χ1n) is 9.81. The van der Waals surface area contributed by atoms with E-state index in [2.05, 4.69) is 23.3 Å². The molecule has 1 saturated heterocycles. The van der Waals surface area contributed by atoms with Crippen molar-refractivity contribution in [2.45, 2.75) is 59.0 Å². The quantitative estimate of drug-likeness (QED) is 0.737. The van der Waals surface area contributed by atoms with Gasteiger partial charge in [0.15, 0.2) is 11.2 Å². The van der Waals surface area contributed by atoms with Crippen LogP contribution in [0, 0.1) is 5.92 Å². The van der Waals surface area contributed by atoms with Gasteiger partial charge < -0.3 is 4.57 Å². The van der Waals surface area contributed by atoms with E-state index in [0.29, 0.717) is 17.1 Å². The minimum Gasteiger partial charge on any atom is -0.321 e. The van der Waals surface area contributed by atoms with Crippen LogP contribution in [-0.4, -0.2) is 36.7 Å². The Morgan fingerprint density at radius 1 is 1.15 bits per heavy atom. The predicted molar refractivity (Wildman–Crippen MR) is 103 cm³/mol. The Bertz CT molecular complexity index is 892. The Balaban J connectivity index is 2.07. The van der Waals surface area contributed by atoms with Crippen LogP contribution in [0.5, 0.6) is 0 Å². The molecule has 3 heterocycles. The Morgan fingerprint density at radius 2 is 1.92 bits per heavy atom. The van der Waals surface area contributed by atoms with Crippen LogP contribution in [0.3, 0.4) is 0 Å². The molecule has 0 aliphatic carbocycles. The van der Waals surface area contributed by atoms with E-state index in [9.17, 15) is 9.59 Å². The molecule has 0 radical (unpaired) electrons. The van der Waals surface area contributed by atoms with Crippen molar-refractivity contribution in [3.63, 3.8) is 0 Å². The summed E-state index contributed by atoms with van der Waals surface area (Å²) < 4.78 is 4.74. The van der Waals surface area contributed by atoms with Crippen LogP contribution < -0.4 is 11.2 Å². The molecule has 2 aromatic heterocycles. The van der Waals surface area contributed by atoms with Gasteiger partial charge in [0.2, 0.25) is 0 Å². The number of hydrogen-bond donors (Lipinski definition) is 0. The van der Waals surface area contributed by atoms with Crippen LogP contribution in [0.25, 0.3) is 11.2 Å². The number of imidazole rings is 1. The summed E-state index contributed by atoms with van der Waals surface area (Å²) in [4.78, 5) is 32.2. The lowest BCUT2D eigenvalue weighted by molar-refractivity contribution is 0.171. The van der Waals surface area contributed by atoms with Crippen LogP contribution >= 0.6 is 0 Å². The van der Waals surface area contributed by atoms with E-state index < -0.39 is 0 Å². The molecule has 26 heavy (non-hydrogen) atoms. The highest BCUT2D eigenvalue weighted by atomic mass is 16.2. The number of aromatic nitrogens is 4. The Morgan fingerprint density at radius 3 is 2.62 bits per heavy atom. The maximum absolute atomic E-state index is 12.8. The number of likely N-dealkylation sites (tertiary alicyclic amines) is 1. The first-order chi connectivity index (χ1) is 12.4. The molecule has 2 aromatic rings. The Labute approximate surface area is 154 Å². The van der Waals surface area contributed by atoms with Gasteiger partial charge in [-0.2, -0.15) is 0 Å². The lowest BCUT2D eigenvalue weighted by Gasteiger charge is -2.30. The van der Waals surface area contributed by atoms with Crippen molar-refractivity contribution in [3.8, 4) is 0 Å². The largest absolute Gasteiger partial charge is 0.332 e. The minimum atomic E-state index is -0.321. The third kappa shape index (κ3) is 3.49. The zero-order valence-corrected chi connectivity index (χ0v) is 16.5. The molecule has 0 saturated carbocycles. The molecule has 1 aliphatic rings. The van der Waals surface area contributed by atoms with Crippen LogP contribution in [0.2, 0.25) is 0 Å². The van der Waals surface area contributed by atoms with Gasteiger partial charge in [0.25, 0.3) is 5.56 Å². The predicted octanol–water partition coefficient (Wildman–Crippen LogP) is 1.86. The fourth-order valence-corrected chi connectivity index (χ4v) is 4.00. The van der Waals surface area contributed by atoms with Crippen molar-refractivity contribution in [1.82, 2.24) is 23.6 Å². The molecule has 7 nitrogen and oxygen atoms in total. The molecule has 0 unspecified atom stereocenters. The van der Waals surface area contributed by atoms with Crippen LogP contribution in [0.1, 0.15) is 51.8 Å². The fourth-order valence-electron chi connectivity index (χ4n) is 4.00. The maximum atomic E-state index is 12.8. The summed E-state index contributed by atoms with van der Waals surface area (Å²) in [6.07, 6.45) is 5.74. The minimum absolute atomic E-state index is 0.245. The lowest BCUT2D eigenvalue weighted by atomic mass is 10.0. The maximum Gasteiger partial charge on any atom is 0.332 e. The van der Waals surface area contributed by atoms with Crippen molar-refractivity contribution in [2.75, 3.05) is 13.1 Å². The van der Waals surface area contributed by atoms with E-state index in [-0.39, 0.29) is 11.2 Å². The Kier molecular flexibility index (Phi) is 5.65. The second kappa shape index (κ2) is 7.78. The van der Waals surface area contributed by atoms with Crippen molar-refractivity contribution < 1.29 is 0 Å². The van der Waals surface area contributed by atoms with E-state index in [4.69, 9.17) is 4.98 Å². The number of aryl methyl sites for hydroxylation is 2. The molecule has 1 atom stereocenters. The molecule has 0 N–H and O–H groups in total. The monoisotopic (exact) mass is 361 g/mol. The summed E-state index contributed by atoms with van der Waals surface area (Å²) in [6.45, 7) is 8.11. The van der Waals surface area contributed by atoms with Crippen molar-refractivity contribution in [1.29, 1.82) is 0 Å². The van der Waals surface area contributed by atoms with Crippen molar-refractivity contribution in [3.05, 3.63) is 26.7 Å². The summed E-state index contributed by atoms with van der Waals surface area (Å²) in [5, 5.41) is 0. The van der Waals surface area contributed by atoms with Gasteiger partial charge in [0, 0.05) is 27.2 Å². The highest BCUT2D eigenvalue weighted by Gasteiger charge is 2.22. The van der Waals surface area contributed by atoms with E-state index in [1.54, 1.807) is 14.1 Å². The molecule has 0 aromatic carbocycles. The molecule has 3 rings (SSSR count). The summed E-state index contributed by atoms with van der Waals surface area (Å²) >= 11 is 0. The molecule has 7 heteroatoms. The van der Waals surface area contributed by atoms with Crippen LogP contribution in [0.4, 0.5) is 0 Å². The standard InChI is InChI=1S/C19H31N5O2/c1-5-6-7-11-24-15(13-23-10-8-9-14(2)12-23)20-17-16(24)18(25)22(4)19(26)21(17)3/h14H,5-13H2,1-4H3/t14-/m1/s1. The topological polar surface area (TPSA) is 65.1 Å². The number of nitrogens with zero attached hydrogens (tertiary/aromatic N) is 5. The first kappa shape index (κ1) is 18.9. The third-order valence-electron chi connectivity index (χ3n) is 5.52. The van der Waals surface area contributed by atoms with Gasteiger partial charge >= 0.3 is 5.69 Å². The average Bonchev–Trinajstić information content (AvgIpc) is 2.97. The molecule has 0 amide bonds. The smallest absolute Gasteiger partial charge is 0.321 e. The van der Waals surface area contributed by atoms with Crippen molar-refractivity contribution >= 4 is 11.2 Å². The van der Waals surface area contributed by atoms with E-state index >= 15 is 0 Å². The molecule has 0 bridgehead atoms. The summed E-state index contributed by atoms with van der Waals surface area (Å²) in [5.41, 5.74) is 0.504. The summed E-state index contributed by atoms with van der Waals surface area (Å²) in [6, 6.07) is 0. The highest BCUT2D eigenvalue weighted by Crippen LogP contribution is 2.20. The summed E-state index contributed by atoms with van der Waals surface area (Å²) in [7, 11) is 3.24. The van der Waals surface area contributed by atoms with E-state index in [1.165, 1.54) is 22.0 Å². The molecule has 0 spiro atoms. The third-order valence-corrected chi connectivity index (χ3v) is 5.52. The zero-order valence-electron chi connectivity index (χ0n) is 16.5. The normalized spacial score (nSPS) is 18.7. The SMILES string of the molecule is CCCCCn1c(CN2CCC[C@@H](C)C2)nc2c1c(=O)n(C)c(=O)n2C. The molecular formula is C19H31N5O2. The number of unbranched alkanes of at least 4 members (excludes halogenated alkanes) is 2. The average molecular weight is 361 g/mol. The molecule has 1 aliphatic heterocycles. The summed E-state index contributed by atoms with van der Waals surface area (Å²) in [5.74, 6) is 1.60. The second-order valence-corrected chi connectivity index (χ2v) is 7.75. The van der Waals surface area contributed by atoms with Gasteiger partial charge in [-0.15, -0.1) is 0 Å². The van der Waals surface area contributed by atoms with E-state index in [1.807, 2.05) is 0 Å². The van der Waals surface area contributed by atoms with Gasteiger partial charge in [0.05, 0.1) is 6.54 Å². The number of fused-ring (bicyclic) bond motifs is 1. The second-order valence-electron chi connectivity index (χ2n) is 7.75. The van der Waals surface area contributed by atoms with Gasteiger partial charge in [-0.1, -0.05) is 26.7 Å². The van der Waals surface area contributed by atoms with Gasteiger partial charge in [0.1, 0.15) is 5.82 Å². The van der Waals surface area contributed by atoms with Gasteiger partial charge in [-0.05, 0) is 31.7 Å². The number of piperidine rings is 1. The molecular weight excluding hydrogens is 330 g/mol. The van der Waals surface area contributed by atoms with Crippen LogP contribution in [0.15, 0.2) is 9.59 Å². The number of rotatable bonds is 6. The van der Waals surface area contributed by atoms with Gasteiger partial charge in [-0.25, -0.2) is 9.78 Å². The number of hydrogen-bond acceptors (Lipinski definition) is 4. The van der Waals surface area contributed by atoms with Gasteiger partial charge in [-0.3, -0.25) is 18.8 Å². The Hall–Kier alpha value is -1.89. The zero-order chi connectivity index (χ0) is 18.8. The van der Waals surface area contributed by atoms with Crippen LogP contribution in [-0.2, 0) is 27.2 Å².